The standard InChI is InChI=1S/C13H8F3O/c14-13(15,16)11-7-3-1-5-9(11)10-6-2-4-8-12(10)17/h1-3,5-8,17H. The van der Waals surface area contributed by atoms with Crippen molar-refractivity contribution in [2.24, 2.45) is 0 Å². The first-order valence-electron chi connectivity index (χ1n) is 4.86. The predicted octanol–water partition coefficient (Wildman–Crippen LogP) is 3.88. The molecule has 87 valence electrons. The average Bonchev–Trinajstić information content (AvgIpc) is 2.28. The summed E-state index contributed by atoms with van der Waals surface area (Å²) < 4.78 is 38.3. The fourth-order valence-electron chi connectivity index (χ4n) is 1.61. The highest BCUT2D eigenvalue weighted by molar-refractivity contribution is 5.73. The van der Waals surface area contributed by atoms with Crippen molar-refractivity contribution in [3.05, 3.63) is 54.1 Å². The van der Waals surface area contributed by atoms with Crippen LogP contribution in [0.25, 0.3) is 11.1 Å². The number of rotatable bonds is 1. The van der Waals surface area contributed by atoms with Gasteiger partial charge in [0.05, 0.1) is 5.56 Å². The van der Waals surface area contributed by atoms with Gasteiger partial charge in [0.25, 0.3) is 0 Å². The lowest BCUT2D eigenvalue weighted by atomic mass is 9.98. The number of phenolic OH excluding ortho intramolecular Hbond substituents is 1. The molecule has 0 heterocycles. The van der Waals surface area contributed by atoms with Gasteiger partial charge in [0.2, 0.25) is 0 Å². The topological polar surface area (TPSA) is 20.2 Å². The highest BCUT2D eigenvalue weighted by atomic mass is 19.4. The summed E-state index contributed by atoms with van der Waals surface area (Å²) in [5.41, 5.74) is -0.648. The van der Waals surface area contributed by atoms with E-state index in [0.29, 0.717) is 0 Å². The maximum Gasteiger partial charge on any atom is 0.417 e. The van der Waals surface area contributed by atoms with Gasteiger partial charge in [-0.3, -0.25) is 0 Å². The minimum atomic E-state index is -4.44. The van der Waals surface area contributed by atoms with Gasteiger partial charge in [0.15, 0.2) is 0 Å². The third kappa shape index (κ3) is 2.25. The third-order valence-electron chi connectivity index (χ3n) is 2.36. The zero-order chi connectivity index (χ0) is 12.5. The van der Waals surface area contributed by atoms with Crippen molar-refractivity contribution in [1.29, 1.82) is 0 Å². The lowest BCUT2D eigenvalue weighted by molar-refractivity contribution is -0.137. The van der Waals surface area contributed by atoms with E-state index < -0.39 is 11.7 Å². The summed E-state index contributed by atoms with van der Waals surface area (Å²) in [6.45, 7) is 0. The third-order valence-corrected chi connectivity index (χ3v) is 2.36. The minimum Gasteiger partial charge on any atom is -0.507 e. The highest BCUT2D eigenvalue weighted by Gasteiger charge is 2.33. The lowest BCUT2D eigenvalue weighted by Crippen LogP contribution is -2.06. The normalized spacial score (nSPS) is 11.5. The average molecular weight is 237 g/mol. The van der Waals surface area contributed by atoms with Gasteiger partial charge >= 0.3 is 6.18 Å². The molecule has 0 aromatic heterocycles. The monoisotopic (exact) mass is 237 g/mol. The van der Waals surface area contributed by atoms with E-state index >= 15 is 0 Å². The van der Waals surface area contributed by atoms with Crippen molar-refractivity contribution < 1.29 is 18.3 Å². The van der Waals surface area contributed by atoms with Gasteiger partial charge in [0.1, 0.15) is 5.75 Å². The van der Waals surface area contributed by atoms with Crippen LogP contribution in [0.3, 0.4) is 0 Å². The Balaban J connectivity index is 2.65. The summed E-state index contributed by atoms with van der Waals surface area (Å²) in [6.07, 6.45) is -4.44. The first kappa shape index (κ1) is 11.5. The molecule has 2 rings (SSSR count). The Hall–Kier alpha value is -1.97. The minimum absolute atomic E-state index is 0.0356. The molecular formula is C13H8F3O. The zero-order valence-corrected chi connectivity index (χ0v) is 8.62. The van der Waals surface area contributed by atoms with E-state index in [-0.39, 0.29) is 16.9 Å². The van der Waals surface area contributed by atoms with Crippen molar-refractivity contribution in [1.82, 2.24) is 0 Å². The second-order valence-corrected chi connectivity index (χ2v) is 3.49. The van der Waals surface area contributed by atoms with Crippen LogP contribution in [-0.4, -0.2) is 5.11 Å². The van der Waals surface area contributed by atoms with Crippen molar-refractivity contribution in [3.63, 3.8) is 0 Å². The number of aromatic hydroxyl groups is 1. The summed E-state index contributed by atoms with van der Waals surface area (Å²) >= 11 is 0. The zero-order valence-electron chi connectivity index (χ0n) is 8.62. The molecule has 0 fully saturated rings. The van der Waals surface area contributed by atoms with E-state index in [4.69, 9.17) is 0 Å². The molecular weight excluding hydrogens is 229 g/mol. The van der Waals surface area contributed by atoms with Crippen molar-refractivity contribution in [2.75, 3.05) is 0 Å². The van der Waals surface area contributed by atoms with Gasteiger partial charge in [-0.25, -0.2) is 0 Å². The number of alkyl halides is 3. The Labute approximate surface area is 96.1 Å². The fourth-order valence-corrected chi connectivity index (χ4v) is 1.61. The highest BCUT2D eigenvalue weighted by Crippen LogP contribution is 2.39. The smallest absolute Gasteiger partial charge is 0.417 e. The molecule has 1 radical (unpaired) electrons. The molecule has 0 saturated heterocycles. The van der Waals surface area contributed by atoms with E-state index in [1.807, 2.05) is 0 Å². The number of hydrogen-bond acceptors (Lipinski definition) is 1. The van der Waals surface area contributed by atoms with E-state index in [2.05, 4.69) is 6.07 Å². The van der Waals surface area contributed by atoms with Gasteiger partial charge in [-0.05, 0) is 23.8 Å². The summed E-state index contributed by atoms with van der Waals surface area (Å²) in [6, 6.07) is 11.8. The summed E-state index contributed by atoms with van der Waals surface area (Å²) in [5, 5.41) is 9.56. The molecule has 2 aromatic rings. The van der Waals surface area contributed by atoms with E-state index in [0.717, 1.165) is 6.07 Å². The van der Waals surface area contributed by atoms with E-state index in [1.54, 1.807) is 0 Å². The molecule has 0 saturated carbocycles. The molecule has 2 aromatic carbocycles. The molecule has 0 spiro atoms. The number of halogens is 3. The second-order valence-electron chi connectivity index (χ2n) is 3.49. The van der Waals surface area contributed by atoms with Crippen molar-refractivity contribution in [2.45, 2.75) is 6.18 Å². The summed E-state index contributed by atoms with van der Waals surface area (Å²) in [4.78, 5) is 0. The first-order chi connectivity index (χ1) is 8.00. The number of benzene rings is 2. The SMILES string of the molecule is Oc1c[c]ccc1-c1ccccc1C(F)(F)F. The van der Waals surface area contributed by atoms with E-state index in [1.165, 1.54) is 36.4 Å². The first-order valence-corrected chi connectivity index (χ1v) is 4.86. The van der Waals surface area contributed by atoms with Crippen LogP contribution in [0.1, 0.15) is 5.56 Å². The molecule has 0 bridgehead atoms. The molecule has 1 nitrogen and oxygen atoms in total. The molecule has 0 unspecified atom stereocenters. The van der Waals surface area contributed by atoms with Crippen LogP contribution in [-0.2, 0) is 6.18 Å². The van der Waals surface area contributed by atoms with Gasteiger partial charge in [-0.15, -0.1) is 0 Å². The van der Waals surface area contributed by atoms with Crippen LogP contribution in [0.2, 0.25) is 0 Å². The van der Waals surface area contributed by atoms with Crippen molar-refractivity contribution in [3.8, 4) is 16.9 Å². The van der Waals surface area contributed by atoms with Crippen molar-refractivity contribution >= 4 is 0 Å². The van der Waals surface area contributed by atoms with Gasteiger partial charge < -0.3 is 5.11 Å². The quantitative estimate of drug-likeness (QED) is 0.798. The Kier molecular flexibility index (Phi) is 2.79. The molecule has 4 heteroatoms. The van der Waals surface area contributed by atoms with Crippen LogP contribution >= 0.6 is 0 Å². The molecule has 0 amide bonds. The predicted molar refractivity (Wildman–Crippen MR) is 57.4 cm³/mol. The Morgan fingerprint density at radius 1 is 1.00 bits per heavy atom. The van der Waals surface area contributed by atoms with Crippen LogP contribution < -0.4 is 0 Å². The molecule has 0 aliphatic heterocycles. The lowest BCUT2D eigenvalue weighted by Gasteiger charge is -2.13. The van der Waals surface area contributed by atoms with Gasteiger partial charge in [0, 0.05) is 5.56 Å². The van der Waals surface area contributed by atoms with E-state index in [9.17, 15) is 18.3 Å². The van der Waals surface area contributed by atoms with Crippen LogP contribution in [0.4, 0.5) is 13.2 Å². The summed E-state index contributed by atoms with van der Waals surface area (Å²) in [7, 11) is 0. The fraction of sp³-hybridized carbons (Fsp3) is 0.0769. The second kappa shape index (κ2) is 4.13. The maximum absolute atomic E-state index is 12.8. The largest absolute Gasteiger partial charge is 0.507 e. The Bertz CT molecular complexity index is 532. The van der Waals surface area contributed by atoms with Crippen LogP contribution in [0, 0.1) is 6.07 Å². The Morgan fingerprint density at radius 3 is 2.35 bits per heavy atom. The number of phenols is 1. The van der Waals surface area contributed by atoms with Gasteiger partial charge in [-0.1, -0.05) is 30.3 Å². The molecule has 17 heavy (non-hydrogen) atoms. The number of hydrogen-bond donors (Lipinski definition) is 1. The molecule has 1 N–H and O–H groups in total. The Morgan fingerprint density at radius 2 is 1.71 bits per heavy atom. The van der Waals surface area contributed by atoms with Crippen LogP contribution in [0.5, 0.6) is 5.75 Å². The molecule has 0 aliphatic rings. The molecule has 0 aliphatic carbocycles. The summed E-state index contributed by atoms with van der Waals surface area (Å²) in [5.74, 6) is -0.218. The van der Waals surface area contributed by atoms with Crippen LogP contribution in [0.15, 0.2) is 42.5 Å². The molecule has 0 atom stereocenters. The maximum atomic E-state index is 12.8. The van der Waals surface area contributed by atoms with Gasteiger partial charge in [-0.2, -0.15) is 13.2 Å².